The van der Waals surface area contributed by atoms with Crippen LogP contribution in [0, 0.1) is 11.8 Å². The molecule has 98 valence electrons. The number of nitrogens with zero attached hydrogens (tertiary/aromatic N) is 1. The van der Waals surface area contributed by atoms with E-state index in [0.29, 0.717) is 11.1 Å². The molecule has 0 bridgehead atoms. The fourth-order valence-electron chi connectivity index (χ4n) is 1.57. The van der Waals surface area contributed by atoms with E-state index in [1.807, 2.05) is 0 Å². The lowest BCUT2D eigenvalue weighted by molar-refractivity contribution is -0.144. The average Bonchev–Trinajstić information content (AvgIpc) is 2.25. The van der Waals surface area contributed by atoms with Gasteiger partial charge in [-0.3, -0.25) is 4.90 Å². The summed E-state index contributed by atoms with van der Waals surface area (Å²) in [6.07, 6.45) is -4.21. The molecule has 0 amide bonds. The number of alkyl halides is 3. The van der Waals surface area contributed by atoms with E-state index in [1.54, 1.807) is 24.3 Å². The number of benzene rings is 1. The third-order valence-electron chi connectivity index (χ3n) is 2.21. The summed E-state index contributed by atoms with van der Waals surface area (Å²) >= 11 is 0. The van der Waals surface area contributed by atoms with Gasteiger partial charge in [0, 0.05) is 12.1 Å². The van der Waals surface area contributed by atoms with Crippen molar-refractivity contribution in [2.75, 3.05) is 20.2 Å². The van der Waals surface area contributed by atoms with Crippen molar-refractivity contribution >= 4 is 0 Å². The Kier molecular flexibility index (Phi) is 5.20. The van der Waals surface area contributed by atoms with Gasteiger partial charge in [0.2, 0.25) is 0 Å². The fourth-order valence-corrected chi connectivity index (χ4v) is 1.57. The molecule has 5 heteroatoms. The Morgan fingerprint density at radius 1 is 1.28 bits per heavy atom. The third kappa shape index (κ3) is 5.21. The lowest BCUT2D eigenvalue weighted by atomic mass is 10.1. The van der Waals surface area contributed by atoms with Crippen molar-refractivity contribution in [2.45, 2.75) is 12.7 Å². The summed E-state index contributed by atoms with van der Waals surface area (Å²) in [5.41, 5.74) is 1.35. The Bertz CT molecular complexity index is 446. The second-order valence-electron chi connectivity index (χ2n) is 3.90. The Morgan fingerprint density at radius 2 is 1.94 bits per heavy atom. The van der Waals surface area contributed by atoms with Crippen LogP contribution in [0.5, 0.6) is 0 Å². The zero-order chi connectivity index (χ0) is 13.6. The second kappa shape index (κ2) is 6.43. The molecule has 1 rings (SSSR count). The molecule has 18 heavy (non-hydrogen) atoms. The van der Waals surface area contributed by atoms with Crippen LogP contribution in [0.3, 0.4) is 0 Å². The van der Waals surface area contributed by atoms with Gasteiger partial charge in [0.25, 0.3) is 0 Å². The molecule has 1 N–H and O–H groups in total. The van der Waals surface area contributed by atoms with Crippen LogP contribution in [-0.4, -0.2) is 36.4 Å². The predicted octanol–water partition coefficient (Wildman–Crippen LogP) is 2.02. The first-order chi connectivity index (χ1) is 8.42. The second-order valence-corrected chi connectivity index (χ2v) is 3.90. The van der Waals surface area contributed by atoms with E-state index >= 15 is 0 Å². The third-order valence-corrected chi connectivity index (χ3v) is 2.21. The van der Waals surface area contributed by atoms with Crippen LogP contribution in [0.4, 0.5) is 13.2 Å². The van der Waals surface area contributed by atoms with Crippen LogP contribution in [0.1, 0.15) is 11.1 Å². The van der Waals surface area contributed by atoms with Crippen LogP contribution < -0.4 is 0 Å². The minimum Gasteiger partial charge on any atom is -0.384 e. The Hall–Kier alpha value is -1.51. The molecular formula is C13H14F3NO. The van der Waals surface area contributed by atoms with Gasteiger partial charge in [-0.2, -0.15) is 13.2 Å². The number of aliphatic hydroxyl groups is 1. The molecule has 0 saturated heterocycles. The molecule has 0 unspecified atom stereocenters. The highest BCUT2D eigenvalue weighted by Crippen LogP contribution is 2.17. The normalized spacial score (nSPS) is 11.2. The maximum absolute atomic E-state index is 12.2. The van der Waals surface area contributed by atoms with Crippen molar-refractivity contribution < 1.29 is 18.3 Å². The molecule has 0 aliphatic carbocycles. The molecule has 0 aliphatic rings. The highest BCUT2D eigenvalue weighted by Gasteiger charge is 2.29. The van der Waals surface area contributed by atoms with Gasteiger partial charge in [0.1, 0.15) is 6.61 Å². The van der Waals surface area contributed by atoms with Crippen LogP contribution in [-0.2, 0) is 6.54 Å². The first-order valence-electron chi connectivity index (χ1n) is 5.35. The van der Waals surface area contributed by atoms with Gasteiger partial charge in [-0.05, 0) is 18.7 Å². The SMILES string of the molecule is CN(Cc1ccccc1C#CCO)CC(F)(F)F. The summed E-state index contributed by atoms with van der Waals surface area (Å²) in [5.74, 6) is 5.21. The van der Waals surface area contributed by atoms with E-state index in [-0.39, 0.29) is 13.2 Å². The highest BCUT2D eigenvalue weighted by molar-refractivity contribution is 5.41. The summed E-state index contributed by atoms with van der Waals surface area (Å²) in [5, 5.41) is 8.62. The van der Waals surface area contributed by atoms with E-state index in [4.69, 9.17) is 5.11 Å². The molecule has 0 aliphatic heterocycles. The van der Waals surface area contributed by atoms with E-state index < -0.39 is 12.7 Å². The topological polar surface area (TPSA) is 23.5 Å². The van der Waals surface area contributed by atoms with Crippen molar-refractivity contribution in [3.05, 3.63) is 35.4 Å². The monoisotopic (exact) mass is 257 g/mol. The van der Waals surface area contributed by atoms with Gasteiger partial charge in [-0.15, -0.1) is 0 Å². The van der Waals surface area contributed by atoms with Gasteiger partial charge >= 0.3 is 6.18 Å². The smallest absolute Gasteiger partial charge is 0.384 e. The number of aliphatic hydroxyl groups excluding tert-OH is 1. The van der Waals surface area contributed by atoms with Crippen LogP contribution in [0.2, 0.25) is 0 Å². The van der Waals surface area contributed by atoms with Crippen molar-refractivity contribution in [2.24, 2.45) is 0 Å². The molecule has 1 aromatic rings. The molecule has 2 nitrogen and oxygen atoms in total. The van der Waals surface area contributed by atoms with Crippen LogP contribution in [0.15, 0.2) is 24.3 Å². The first kappa shape index (κ1) is 14.6. The molecule has 0 saturated carbocycles. The average molecular weight is 257 g/mol. The molecule has 0 aromatic heterocycles. The summed E-state index contributed by atoms with van der Waals surface area (Å²) in [7, 11) is 1.41. The summed E-state index contributed by atoms with van der Waals surface area (Å²) in [6.45, 7) is -1.07. The molecule has 0 heterocycles. The van der Waals surface area contributed by atoms with E-state index in [0.717, 1.165) is 0 Å². The van der Waals surface area contributed by atoms with Gasteiger partial charge in [0.15, 0.2) is 0 Å². The first-order valence-corrected chi connectivity index (χ1v) is 5.35. The van der Waals surface area contributed by atoms with Crippen molar-refractivity contribution in [3.8, 4) is 11.8 Å². The maximum Gasteiger partial charge on any atom is 0.401 e. The minimum absolute atomic E-state index is 0.162. The summed E-state index contributed by atoms with van der Waals surface area (Å²) in [4.78, 5) is 1.18. The quantitative estimate of drug-likeness (QED) is 0.837. The molecular weight excluding hydrogens is 243 g/mol. The summed E-state index contributed by atoms with van der Waals surface area (Å²) in [6, 6.07) is 6.96. The standard InChI is InChI=1S/C13H14F3NO/c1-17(10-13(14,15)16)9-12-6-3-2-5-11(12)7-4-8-18/h2-3,5-6,18H,8-10H2,1H3. The minimum atomic E-state index is -4.21. The van der Waals surface area contributed by atoms with Gasteiger partial charge in [-0.25, -0.2) is 0 Å². The highest BCUT2D eigenvalue weighted by atomic mass is 19.4. The van der Waals surface area contributed by atoms with Crippen LogP contribution >= 0.6 is 0 Å². The number of hydrogen-bond acceptors (Lipinski definition) is 2. The number of rotatable bonds is 3. The van der Waals surface area contributed by atoms with Crippen molar-refractivity contribution in [1.82, 2.24) is 4.90 Å². The Morgan fingerprint density at radius 3 is 2.56 bits per heavy atom. The Balaban J connectivity index is 2.78. The largest absolute Gasteiger partial charge is 0.401 e. The zero-order valence-corrected chi connectivity index (χ0v) is 9.96. The lowest BCUT2D eigenvalue weighted by Crippen LogP contribution is -2.30. The molecule has 0 atom stereocenters. The Labute approximate surface area is 104 Å². The summed E-state index contributed by atoms with van der Waals surface area (Å²) < 4.78 is 36.6. The molecule has 0 fully saturated rings. The van der Waals surface area contributed by atoms with Gasteiger partial charge in [-0.1, -0.05) is 30.0 Å². The number of hydrogen-bond donors (Lipinski definition) is 1. The van der Waals surface area contributed by atoms with Gasteiger partial charge in [0.05, 0.1) is 6.54 Å². The zero-order valence-electron chi connectivity index (χ0n) is 9.96. The lowest BCUT2D eigenvalue weighted by Gasteiger charge is -2.19. The fraction of sp³-hybridized carbons (Fsp3) is 0.385. The molecule has 0 radical (unpaired) electrons. The predicted molar refractivity (Wildman–Crippen MR) is 62.8 cm³/mol. The maximum atomic E-state index is 12.2. The van der Waals surface area contributed by atoms with E-state index in [9.17, 15) is 13.2 Å². The van der Waals surface area contributed by atoms with E-state index in [1.165, 1.54) is 11.9 Å². The van der Waals surface area contributed by atoms with Gasteiger partial charge < -0.3 is 5.11 Å². The van der Waals surface area contributed by atoms with Crippen molar-refractivity contribution in [1.29, 1.82) is 0 Å². The van der Waals surface area contributed by atoms with Crippen molar-refractivity contribution in [3.63, 3.8) is 0 Å². The molecule has 1 aromatic carbocycles. The molecule has 0 spiro atoms. The van der Waals surface area contributed by atoms with Crippen LogP contribution in [0.25, 0.3) is 0 Å². The van der Waals surface area contributed by atoms with E-state index in [2.05, 4.69) is 11.8 Å². The number of halogens is 3.